The van der Waals surface area contributed by atoms with Crippen LogP contribution in [0, 0.1) is 12.8 Å². The van der Waals surface area contributed by atoms with E-state index in [1.807, 2.05) is 38.1 Å². The van der Waals surface area contributed by atoms with Gasteiger partial charge in [0.15, 0.2) is 5.96 Å². The first-order chi connectivity index (χ1) is 12.0. The fourth-order valence-electron chi connectivity index (χ4n) is 2.15. The first-order valence-electron chi connectivity index (χ1n) is 8.37. The number of hydrogen-bond acceptors (Lipinski definition) is 3. The standard InChI is InChI=1S/C19H26N4OS.HI/c1-13(2)18(24)23-16-8-6-15(7-9-16)11-21-19(20-4)22-12-17-10-5-14(3)25-17;/h5-10,13H,11-12H2,1-4H3,(H,23,24)(H2,20,21,22);1H. The van der Waals surface area contributed by atoms with Crippen LogP contribution in [0.3, 0.4) is 0 Å². The average Bonchev–Trinajstić information content (AvgIpc) is 3.01. The van der Waals surface area contributed by atoms with Gasteiger partial charge in [-0.2, -0.15) is 0 Å². The Kier molecular flexibility index (Phi) is 9.64. The number of nitrogens with one attached hydrogen (secondary N) is 3. The van der Waals surface area contributed by atoms with Crippen molar-refractivity contribution < 1.29 is 4.79 Å². The van der Waals surface area contributed by atoms with E-state index in [1.165, 1.54) is 9.75 Å². The first kappa shape index (κ1) is 22.4. The van der Waals surface area contributed by atoms with E-state index in [2.05, 4.69) is 40.0 Å². The Hall–Kier alpha value is -1.61. The van der Waals surface area contributed by atoms with E-state index in [-0.39, 0.29) is 35.8 Å². The average molecular weight is 486 g/mol. The van der Waals surface area contributed by atoms with Crippen LogP contribution in [0.4, 0.5) is 5.69 Å². The number of benzene rings is 1. The highest BCUT2D eigenvalue weighted by Crippen LogP contribution is 2.14. The van der Waals surface area contributed by atoms with Crippen molar-refractivity contribution in [3.8, 4) is 0 Å². The topological polar surface area (TPSA) is 65.5 Å². The molecule has 1 amide bonds. The number of halogens is 1. The molecule has 7 heteroatoms. The molecule has 0 fully saturated rings. The molecular formula is C19H27IN4OS. The SMILES string of the molecule is CN=C(NCc1ccc(NC(=O)C(C)C)cc1)NCc1ccc(C)s1.I. The maximum Gasteiger partial charge on any atom is 0.226 e. The summed E-state index contributed by atoms with van der Waals surface area (Å²) < 4.78 is 0. The molecule has 0 bridgehead atoms. The molecule has 1 aromatic carbocycles. The number of carbonyl (C=O) groups is 1. The number of thiophene rings is 1. The Morgan fingerprint density at radius 1 is 1.08 bits per heavy atom. The molecule has 26 heavy (non-hydrogen) atoms. The molecule has 142 valence electrons. The normalized spacial score (nSPS) is 11.0. The van der Waals surface area contributed by atoms with Gasteiger partial charge in [0.1, 0.15) is 0 Å². The molecule has 0 atom stereocenters. The van der Waals surface area contributed by atoms with E-state index >= 15 is 0 Å². The van der Waals surface area contributed by atoms with Crippen LogP contribution in [0.5, 0.6) is 0 Å². The molecule has 0 spiro atoms. The predicted molar refractivity (Wildman–Crippen MR) is 121 cm³/mol. The number of hydrogen-bond donors (Lipinski definition) is 3. The van der Waals surface area contributed by atoms with Gasteiger partial charge in [0.25, 0.3) is 0 Å². The van der Waals surface area contributed by atoms with Crippen LogP contribution >= 0.6 is 35.3 Å². The van der Waals surface area contributed by atoms with Crippen LogP contribution < -0.4 is 16.0 Å². The van der Waals surface area contributed by atoms with Gasteiger partial charge in [0, 0.05) is 35.0 Å². The second kappa shape index (κ2) is 11.2. The molecule has 0 aliphatic rings. The summed E-state index contributed by atoms with van der Waals surface area (Å²) in [4.78, 5) is 18.5. The molecule has 0 unspecified atom stereocenters. The lowest BCUT2D eigenvalue weighted by Gasteiger charge is -2.12. The number of amides is 1. The van der Waals surface area contributed by atoms with Crippen molar-refractivity contribution in [3.63, 3.8) is 0 Å². The van der Waals surface area contributed by atoms with Crippen LogP contribution in [-0.2, 0) is 17.9 Å². The number of anilines is 1. The van der Waals surface area contributed by atoms with Crippen molar-refractivity contribution in [1.82, 2.24) is 10.6 Å². The Morgan fingerprint density at radius 2 is 1.73 bits per heavy atom. The molecule has 0 aliphatic heterocycles. The van der Waals surface area contributed by atoms with Crippen molar-refractivity contribution in [2.75, 3.05) is 12.4 Å². The molecular weight excluding hydrogens is 459 g/mol. The minimum atomic E-state index is -0.0251. The predicted octanol–water partition coefficient (Wildman–Crippen LogP) is 4.13. The Bertz CT molecular complexity index is 725. The van der Waals surface area contributed by atoms with Gasteiger partial charge in [-0.1, -0.05) is 26.0 Å². The number of aliphatic imine (C=N–C) groups is 1. The Labute approximate surface area is 176 Å². The fourth-order valence-corrected chi connectivity index (χ4v) is 2.98. The molecule has 1 heterocycles. The van der Waals surface area contributed by atoms with E-state index in [1.54, 1.807) is 18.4 Å². The monoisotopic (exact) mass is 486 g/mol. The summed E-state index contributed by atoms with van der Waals surface area (Å²) >= 11 is 1.78. The summed E-state index contributed by atoms with van der Waals surface area (Å²) in [6.45, 7) is 7.29. The first-order valence-corrected chi connectivity index (χ1v) is 9.19. The van der Waals surface area contributed by atoms with E-state index in [0.717, 1.165) is 23.8 Å². The Balaban J connectivity index is 0.00000338. The van der Waals surface area contributed by atoms with Gasteiger partial charge in [-0.25, -0.2) is 0 Å². The lowest BCUT2D eigenvalue weighted by Crippen LogP contribution is -2.36. The molecule has 5 nitrogen and oxygen atoms in total. The summed E-state index contributed by atoms with van der Waals surface area (Å²) in [6, 6.07) is 12.1. The number of guanidine groups is 1. The van der Waals surface area contributed by atoms with Crippen molar-refractivity contribution in [2.24, 2.45) is 10.9 Å². The largest absolute Gasteiger partial charge is 0.352 e. The summed E-state index contributed by atoms with van der Waals surface area (Å²) in [7, 11) is 1.76. The third kappa shape index (κ3) is 7.33. The number of nitrogens with zero attached hydrogens (tertiary/aromatic N) is 1. The molecule has 2 rings (SSSR count). The van der Waals surface area contributed by atoms with Gasteiger partial charge in [-0.05, 0) is 36.8 Å². The third-order valence-electron chi connectivity index (χ3n) is 3.66. The number of aryl methyl sites for hydroxylation is 1. The second-order valence-corrected chi connectivity index (χ2v) is 7.51. The van der Waals surface area contributed by atoms with Crippen LogP contribution in [0.25, 0.3) is 0 Å². The lowest BCUT2D eigenvalue weighted by molar-refractivity contribution is -0.118. The van der Waals surface area contributed by atoms with Crippen LogP contribution in [0.1, 0.15) is 29.2 Å². The van der Waals surface area contributed by atoms with Crippen LogP contribution in [0.15, 0.2) is 41.4 Å². The minimum Gasteiger partial charge on any atom is -0.352 e. The quantitative estimate of drug-likeness (QED) is 0.327. The summed E-state index contributed by atoms with van der Waals surface area (Å²) in [6.07, 6.45) is 0. The molecule has 0 saturated carbocycles. The van der Waals surface area contributed by atoms with Gasteiger partial charge in [0.2, 0.25) is 5.91 Å². The molecule has 2 aromatic rings. The van der Waals surface area contributed by atoms with Gasteiger partial charge in [0.05, 0.1) is 6.54 Å². The van der Waals surface area contributed by atoms with Crippen LogP contribution in [0.2, 0.25) is 0 Å². The molecule has 0 aliphatic carbocycles. The van der Waals surface area contributed by atoms with Gasteiger partial charge < -0.3 is 16.0 Å². The van der Waals surface area contributed by atoms with Crippen molar-refractivity contribution >= 4 is 52.9 Å². The van der Waals surface area contributed by atoms with E-state index in [4.69, 9.17) is 0 Å². The van der Waals surface area contributed by atoms with Gasteiger partial charge in [-0.15, -0.1) is 35.3 Å². The highest BCUT2D eigenvalue weighted by atomic mass is 127. The highest BCUT2D eigenvalue weighted by molar-refractivity contribution is 14.0. The fraction of sp³-hybridized carbons (Fsp3) is 0.368. The van der Waals surface area contributed by atoms with E-state index in [9.17, 15) is 4.79 Å². The summed E-state index contributed by atoms with van der Waals surface area (Å²) in [5.41, 5.74) is 1.94. The number of carbonyl (C=O) groups excluding carboxylic acids is 1. The highest BCUT2D eigenvalue weighted by Gasteiger charge is 2.07. The summed E-state index contributed by atoms with van der Waals surface area (Å²) in [5.74, 6) is 0.769. The van der Waals surface area contributed by atoms with Crippen molar-refractivity contribution in [3.05, 3.63) is 51.7 Å². The second-order valence-electron chi connectivity index (χ2n) is 6.13. The summed E-state index contributed by atoms with van der Waals surface area (Å²) in [5, 5.41) is 9.50. The number of rotatable bonds is 6. The zero-order chi connectivity index (χ0) is 18.2. The molecule has 0 saturated heterocycles. The minimum absolute atomic E-state index is 0. The molecule has 3 N–H and O–H groups in total. The zero-order valence-electron chi connectivity index (χ0n) is 15.6. The van der Waals surface area contributed by atoms with Gasteiger partial charge >= 0.3 is 0 Å². The zero-order valence-corrected chi connectivity index (χ0v) is 18.8. The van der Waals surface area contributed by atoms with E-state index < -0.39 is 0 Å². The Morgan fingerprint density at radius 3 is 2.27 bits per heavy atom. The van der Waals surface area contributed by atoms with Crippen molar-refractivity contribution in [1.29, 1.82) is 0 Å². The van der Waals surface area contributed by atoms with Gasteiger partial charge in [-0.3, -0.25) is 9.79 Å². The molecule has 1 aromatic heterocycles. The maximum absolute atomic E-state index is 11.7. The maximum atomic E-state index is 11.7. The van der Waals surface area contributed by atoms with E-state index in [0.29, 0.717) is 6.54 Å². The third-order valence-corrected chi connectivity index (χ3v) is 4.66. The smallest absolute Gasteiger partial charge is 0.226 e. The van der Waals surface area contributed by atoms with Crippen molar-refractivity contribution in [2.45, 2.75) is 33.9 Å². The molecule has 0 radical (unpaired) electrons. The lowest BCUT2D eigenvalue weighted by atomic mass is 10.1. The van der Waals surface area contributed by atoms with Crippen LogP contribution in [-0.4, -0.2) is 18.9 Å².